The van der Waals surface area contributed by atoms with E-state index in [0.717, 1.165) is 4.90 Å². The zero-order valence-corrected chi connectivity index (χ0v) is 31.4. The van der Waals surface area contributed by atoms with Crippen LogP contribution in [0, 0.1) is 5.92 Å². The van der Waals surface area contributed by atoms with Gasteiger partial charge in [0.05, 0.1) is 40.9 Å². The Hall–Kier alpha value is -4.55. The van der Waals surface area contributed by atoms with Gasteiger partial charge in [-0.25, -0.2) is 4.90 Å². The molecule has 0 saturated carbocycles. The van der Waals surface area contributed by atoms with E-state index in [2.05, 4.69) is 5.32 Å². The fourth-order valence-electron chi connectivity index (χ4n) is 7.07. The Labute approximate surface area is 321 Å². The Bertz CT molecular complexity index is 1940. The number of nitrogens with zero attached hydrogens (tertiary/aromatic N) is 1. The van der Waals surface area contributed by atoms with Crippen molar-refractivity contribution in [1.82, 2.24) is 5.32 Å². The van der Waals surface area contributed by atoms with Crippen molar-refractivity contribution in [2.24, 2.45) is 5.92 Å². The van der Waals surface area contributed by atoms with Gasteiger partial charge in [-0.3, -0.25) is 28.8 Å². The molecule has 6 N–H and O–H groups in total. The van der Waals surface area contributed by atoms with Gasteiger partial charge in [0.1, 0.15) is 18.5 Å². The quantitative estimate of drug-likeness (QED) is 0.105. The molecule has 5 rings (SSSR count). The summed E-state index contributed by atoms with van der Waals surface area (Å²) in [7, 11) is 0. The molecule has 1 heterocycles. The summed E-state index contributed by atoms with van der Waals surface area (Å²) >= 11 is 1.38. The van der Waals surface area contributed by atoms with Crippen LogP contribution in [0.2, 0.25) is 0 Å². The number of thioether (sulfide) groups is 1. The van der Waals surface area contributed by atoms with Gasteiger partial charge >= 0.3 is 0 Å². The Kier molecular flexibility index (Phi) is 13.2. The summed E-state index contributed by atoms with van der Waals surface area (Å²) in [4.78, 5) is 78.7. The smallest absolute Gasteiger partial charge is 0.251 e. The number of hydrogen-bond acceptors (Lipinski definition) is 14. The van der Waals surface area contributed by atoms with Crippen molar-refractivity contribution in [3.63, 3.8) is 0 Å². The second-order valence-electron chi connectivity index (χ2n) is 13.5. The van der Waals surface area contributed by atoms with E-state index in [1.54, 1.807) is 18.2 Å². The van der Waals surface area contributed by atoms with Crippen LogP contribution in [0.1, 0.15) is 71.6 Å². The number of nitrogens with one attached hydrogen (secondary N) is 1. The molecule has 55 heavy (non-hydrogen) atoms. The van der Waals surface area contributed by atoms with Gasteiger partial charge in [-0.05, 0) is 50.3 Å². The lowest BCUT2D eigenvalue weighted by Crippen LogP contribution is -2.46. The number of hydrogen-bond donors (Lipinski definition) is 6. The first-order valence-corrected chi connectivity index (χ1v) is 18.9. The van der Waals surface area contributed by atoms with Crippen molar-refractivity contribution in [2.45, 2.75) is 82.6 Å². The van der Waals surface area contributed by atoms with Crippen LogP contribution in [0.25, 0.3) is 0 Å². The normalized spacial score (nSPS) is 22.6. The van der Waals surface area contributed by atoms with Crippen LogP contribution in [0.3, 0.4) is 0 Å². The van der Waals surface area contributed by atoms with Crippen molar-refractivity contribution >= 4 is 52.5 Å². The van der Waals surface area contributed by atoms with Crippen molar-refractivity contribution < 1.29 is 63.8 Å². The minimum Gasteiger partial charge on any atom is -0.507 e. The summed E-state index contributed by atoms with van der Waals surface area (Å²) in [5.74, 6) is -5.00. The molecule has 15 nitrogen and oxygen atoms in total. The number of rotatable bonds is 16. The molecule has 2 aromatic rings. The van der Waals surface area contributed by atoms with Crippen LogP contribution in [0.15, 0.2) is 71.0 Å². The van der Waals surface area contributed by atoms with Crippen LogP contribution >= 0.6 is 11.8 Å². The lowest BCUT2D eigenvalue weighted by molar-refractivity contribution is -0.205. The van der Waals surface area contributed by atoms with Crippen LogP contribution in [-0.2, 0) is 23.9 Å². The summed E-state index contributed by atoms with van der Waals surface area (Å²) < 4.78 is 11.9. The number of aliphatic hydroxyl groups is 5. The molecular weight excluding hydrogens is 736 g/mol. The third-order valence-electron chi connectivity index (χ3n) is 9.85. The van der Waals surface area contributed by atoms with E-state index in [1.165, 1.54) is 62.9 Å². The van der Waals surface area contributed by atoms with E-state index < -0.39 is 95.6 Å². The molecule has 0 bridgehead atoms. The highest BCUT2D eigenvalue weighted by atomic mass is 32.2. The number of ketones is 3. The first-order valence-electron chi connectivity index (χ1n) is 17.8. The average Bonchev–Trinajstić information content (AvgIpc) is 3.44. The number of amides is 3. The second kappa shape index (κ2) is 17.5. The van der Waals surface area contributed by atoms with Gasteiger partial charge in [0, 0.05) is 47.6 Å². The fraction of sp³-hybridized carbons (Fsp3) is 0.436. The molecule has 0 aromatic heterocycles. The van der Waals surface area contributed by atoms with E-state index in [1.807, 2.05) is 6.92 Å². The number of anilines is 1. The predicted molar refractivity (Wildman–Crippen MR) is 198 cm³/mol. The molecule has 1 aliphatic heterocycles. The molecule has 3 amide bonds. The minimum atomic E-state index is -1.82. The Balaban J connectivity index is 1.25. The fourth-order valence-corrected chi connectivity index (χ4v) is 7.98. The third kappa shape index (κ3) is 8.50. The van der Waals surface area contributed by atoms with E-state index >= 15 is 0 Å². The minimum absolute atomic E-state index is 0.00756. The maximum Gasteiger partial charge on any atom is 0.251 e. The number of carbonyl (C=O) groups excluding carboxylic acids is 6. The monoisotopic (exact) mass is 780 g/mol. The van der Waals surface area contributed by atoms with E-state index in [-0.39, 0.29) is 58.3 Å². The largest absolute Gasteiger partial charge is 0.507 e. The number of benzene rings is 2. The summed E-state index contributed by atoms with van der Waals surface area (Å²) in [6.45, 7) is 5.10. The predicted octanol–water partition coefficient (Wildman–Crippen LogP) is 1.81. The number of carbonyl (C=O) groups is 6. The molecule has 0 radical (unpaired) electrons. The van der Waals surface area contributed by atoms with Crippen LogP contribution in [0.5, 0.6) is 0 Å². The van der Waals surface area contributed by atoms with E-state index in [9.17, 15) is 54.3 Å². The number of fused-ring (bicyclic) bond motifs is 1. The van der Waals surface area contributed by atoms with Crippen LogP contribution in [0.4, 0.5) is 5.69 Å². The van der Waals surface area contributed by atoms with Gasteiger partial charge in [0.25, 0.3) is 5.91 Å². The molecule has 8 atom stereocenters. The van der Waals surface area contributed by atoms with Crippen molar-refractivity contribution in [1.29, 1.82) is 0 Å². The Morgan fingerprint density at radius 2 is 1.65 bits per heavy atom. The molecular formula is C39H44N2O13S. The molecule has 2 aromatic carbocycles. The second-order valence-corrected chi connectivity index (χ2v) is 15.0. The van der Waals surface area contributed by atoms with Gasteiger partial charge in [-0.1, -0.05) is 37.3 Å². The van der Waals surface area contributed by atoms with Crippen molar-refractivity contribution in [2.75, 3.05) is 23.8 Å². The van der Waals surface area contributed by atoms with Gasteiger partial charge in [-0.2, -0.15) is 0 Å². The van der Waals surface area contributed by atoms with Gasteiger partial charge in [0.2, 0.25) is 11.8 Å². The number of aliphatic hydroxyl groups excluding tert-OH is 5. The first-order chi connectivity index (χ1) is 26.1. The van der Waals surface area contributed by atoms with Crippen LogP contribution in [-0.4, -0.2) is 122 Å². The molecule has 0 spiro atoms. The molecule has 3 aliphatic rings. The standard InChI is InChI=1S/C39H44N2O13S/c1-5-55-29-15-30(46)41(39(29)52)22-10-8-9-21(13-22)38(51)40-16-27(44)18(2)53-20(4)54-19(3)31-25(14-26(43)28(45)17-42)36(49)32-33(37(31)50)35(48)24-12-7-6-11-23(24)34(32)47/h6-13,18-20,26-27,29,31,37,42-44,49-50H,5,14-17H2,1-4H3,(H,40,51)/t18-,19-,20?,26?,27-,29?,31?,37?/m0/s1. The average molecular weight is 781 g/mol. The van der Waals surface area contributed by atoms with Crippen molar-refractivity contribution in [3.8, 4) is 0 Å². The summed E-state index contributed by atoms with van der Waals surface area (Å²) in [6, 6.07) is 11.9. The maximum absolute atomic E-state index is 13.6. The SMILES string of the molecule is CCSC1CC(=O)N(c2cccc(C(=O)NC[C@H](O)[C@H](C)OC(C)O[C@@H](C)C3C(CC(O)C(=O)CO)=C(O)C4=C(C(=O)c5ccccc5C4=O)C3O)c2)C1=O. The summed E-state index contributed by atoms with van der Waals surface area (Å²) in [5, 5.41) is 55.9. The number of Topliss-reactive ketones (excluding diaryl/α,β-unsaturated/α-hetero) is 3. The lowest BCUT2D eigenvalue weighted by atomic mass is 9.69. The Morgan fingerprint density at radius 3 is 2.31 bits per heavy atom. The summed E-state index contributed by atoms with van der Waals surface area (Å²) in [5.41, 5.74) is -0.525. The molecule has 5 unspecified atom stereocenters. The zero-order chi connectivity index (χ0) is 40.3. The highest BCUT2D eigenvalue weighted by molar-refractivity contribution is 8.00. The lowest BCUT2D eigenvalue weighted by Gasteiger charge is -2.39. The highest BCUT2D eigenvalue weighted by Crippen LogP contribution is 2.44. The molecule has 1 fully saturated rings. The topological polar surface area (TPSA) is 237 Å². The van der Waals surface area contributed by atoms with Gasteiger partial charge < -0.3 is 40.3 Å². The third-order valence-corrected chi connectivity index (χ3v) is 11.0. The van der Waals surface area contributed by atoms with E-state index in [0.29, 0.717) is 5.75 Å². The maximum atomic E-state index is 13.6. The zero-order valence-electron chi connectivity index (χ0n) is 30.6. The molecule has 294 valence electrons. The summed E-state index contributed by atoms with van der Waals surface area (Å²) in [6.07, 6.45) is -8.52. The number of imide groups is 1. The molecule has 16 heteroatoms. The van der Waals surface area contributed by atoms with E-state index in [4.69, 9.17) is 9.47 Å². The van der Waals surface area contributed by atoms with Gasteiger partial charge in [0.15, 0.2) is 23.6 Å². The highest BCUT2D eigenvalue weighted by Gasteiger charge is 2.48. The van der Waals surface area contributed by atoms with Gasteiger partial charge in [-0.15, -0.1) is 11.8 Å². The Morgan fingerprint density at radius 1 is 0.982 bits per heavy atom. The first kappa shape index (κ1) is 41.6. The molecule has 1 saturated heterocycles. The van der Waals surface area contributed by atoms with Crippen molar-refractivity contribution in [3.05, 3.63) is 87.7 Å². The number of allylic oxidation sites excluding steroid dienone is 1. The molecule has 2 aliphatic carbocycles. The van der Waals surface area contributed by atoms with Crippen LogP contribution < -0.4 is 10.2 Å². The number of ether oxygens (including phenoxy) is 2.